The van der Waals surface area contributed by atoms with Gasteiger partial charge in [0, 0.05) is 37.2 Å². The van der Waals surface area contributed by atoms with Crippen LogP contribution in [0.3, 0.4) is 0 Å². The van der Waals surface area contributed by atoms with Crippen molar-refractivity contribution in [1.29, 1.82) is 0 Å². The van der Waals surface area contributed by atoms with Crippen molar-refractivity contribution in [3.63, 3.8) is 0 Å². The third-order valence-electron chi connectivity index (χ3n) is 7.13. The summed E-state index contributed by atoms with van der Waals surface area (Å²) in [4.78, 5) is 17.7. The first-order valence-electron chi connectivity index (χ1n) is 11.7. The lowest BCUT2D eigenvalue weighted by Gasteiger charge is -2.36. The molecular weight excluding hydrogens is 408 g/mol. The Morgan fingerprint density at radius 3 is 2.26 bits per heavy atom. The van der Waals surface area contributed by atoms with Crippen molar-refractivity contribution in [2.75, 3.05) is 26.2 Å². The molecule has 0 atom stereocenters. The number of rotatable bonds is 4. The molecule has 4 nitrogen and oxygen atoms in total. The highest BCUT2D eigenvalue weighted by molar-refractivity contribution is 6.30. The van der Waals surface area contributed by atoms with Crippen LogP contribution >= 0.6 is 11.6 Å². The summed E-state index contributed by atoms with van der Waals surface area (Å²) in [5.74, 6) is 0.724. The molecule has 3 aliphatic rings. The second kappa shape index (κ2) is 9.22. The second-order valence-corrected chi connectivity index (χ2v) is 9.61. The predicted octanol–water partition coefficient (Wildman–Crippen LogP) is 4.98. The summed E-state index contributed by atoms with van der Waals surface area (Å²) in [6.07, 6.45) is 7.78. The maximum atomic E-state index is 13.1. The van der Waals surface area contributed by atoms with Crippen molar-refractivity contribution in [1.82, 2.24) is 9.80 Å². The number of benzene rings is 2. The van der Waals surface area contributed by atoms with Gasteiger partial charge in [0.15, 0.2) is 0 Å². The van der Waals surface area contributed by atoms with Crippen LogP contribution in [0.15, 0.2) is 42.5 Å². The summed E-state index contributed by atoms with van der Waals surface area (Å²) in [5, 5.41) is 0.617. The first kappa shape index (κ1) is 20.8. The van der Waals surface area contributed by atoms with Gasteiger partial charge in [-0.2, -0.15) is 0 Å². The smallest absolute Gasteiger partial charge is 0.257 e. The monoisotopic (exact) mass is 438 g/mol. The lowest BCUT2D eigenvalue weighted by Crippen LogP contribution is -2.44. The maximum Gasteiger partial charge on any atom is 0.257 e. The zero-order valence-electron chi connectivity index (χ0n) is 18.1. The molecule has 164 valence electrons. The molecule has 2 fully saturated rings. The quantitative estimate of drug-likeness (QED) is 0.675. The number of nitrogens with zero attached hydrogens (tertiary/aromatic N) is 2. The van der Waals surface area contributed by atoms with Crippen molar-refractivity contribution >= 4 is 17.5 Å². The van der Waals surface area contributed by atoms with Crippen LogP contribution in [-0.2, 0) is 12.8 Å². The molecule has 1 amide bonds. The number of hydrogen-bond acceptors (Lipinski definition) is 3. The zero-order valence-corrected chi connectivity index (χ0v) is 18.8. The predicted molar refractivity (Wildman–Crippen MR) is 124 cm³/mol. The fourth-order valence-electron chi connectivity index (χ4n) is 5.37. The molecule has 5 rings (SSSR count). The van der Waals surface area contributed by atoms with Gasteiger partial charge in [0.2, 0.25) is 0 Å². The van der Waals surface area contributed by atoms with Crippen LogP contribution in [0, 0.1) is 0 Å². The van der Waals surface area contributed by atoms with Gasteiger partial charge in [0.25, 0.3) is 5.91 Å². The van der Waals surface area contributed by atoms with E-state index in [1.165, 1.54) is 17.5 Å². The summed E-state index contributed by atoms with van der Waals surface area (Å²) >= 11 is 6.27. The fraction of sp³-hybridized carbons (Fsp3) is 0.500. The van der Waals surface area contributed by atoms with Gasteiger partial charge in [-0.05, 0) is 74.3 Å². The standard InChI is InChI=1S/C26H31ClN2O2/c27-21-8-9-24(26(30)29-12-4-1-5-13-29)25(18-21)31-23-10-14-28(15-11-23)22-16-19-6-2-3-7-20(19)17-22/h2-3,6-9,18,22-23H,1,4-5,10-17H2. The van der Waals surface area contributed by atoms with Crippen molar-refractivity contribution in [3.8, 4) is 5.75 Å². The maximum absolute atomic E-state index is 13.1. The average Bonchev–Trinajstić information content (AvgIpc) is 3.24. The average molecular weight is 439 g/mol. The Bertz CT molecular complexity index is 908. The molecule has 0 saturated carbocycles. The van der Waals surface area contributed by atoms with Crippen LogP contribution < -0.4 is 4.74 Å². The molecule has 2 saturated heterocycles. The summed E-state index contributed by atoms with van der Waals surface area (Å²) in [7, 11) is 0. The van der Waals surface area contributed by atoms with E-state index < -0.39 is 0 Å². The molecule has 0 radical (unpaired) electrons. The Labute approximate surface area is 190 Å². The van der Waals surface area contributed by atoms with E-state index in [2.05, 4.69) is 29.2 Å². The number of carbonyl (C=O) groups excluding carboxylic acids is 1. The van der Waals surface area contributed by atoms with Gasteiger partial charge < -0.3 is 9.64 Å². The SMILES string of the molecule is O=C(c1ccc(Cl)cc1OC1CCN(C2Cc3ccccc3C2)CC1)N1CCCCC1. The molecule has 1 aliphatic carbocycles. The number of hydrogen-bond donors (Lipinski definition) is 0. The fourth-order valence-corrected chi connectivity index (χ4v) is 5.53. The highest BCUT2D eigenvalue weighted by Gasteiger charge is 2.31. The van der Waals surface area contributed by atoms with Crippen molar-refractivity contribution in [2.24, 2.45) is 0 Å². The van der Waals surface area contributed by atoms with E-state index in [9.17, 15) is 4.79 Å². The van der Waals surface area contributed by atoms with Crippen LogP contribution in [0.4, 0.5) is 0 Å². The van der Waals surface area contributed by atoms with E-state index in [0.717, 1.165) is 64.7 Å². The van der Waals surface area contributed by atoms with E-state index in [-0.39, 0.29) is 12.0 Å². The Kier molecular flexibility index (Phi) is 6.20. The molecule has 0 spiro atoms. The number of halogens is 1. The second-order valence-electron chi connectivity index (χ2n) is 9.18. The molecule has 0 aromatic heterocycles. The highest BCUT2D eigenvalue weighted by atomic mass is 35.5. The number of likely N-dealkylation sites (tertiary alicyclic amines) is 2. The minimum atomic E-state index is 0.0764. The topological polar surface area (TPSA) is 32.8 Å². The van der Waals surface area contributed by atoms with Crippen LogP contribution in [0.1, 0.15) is 53.6 Å². The molecule has 0 bridgehead atoms. The highest BCUT2D eigenvalue weighted by Crippen LogP contribution is 2.31. The van der Waals surface area contributed by atoms with Gasteiger partial charge in [0.05, 0.1) is 5.56 Å². The lowest BCUT2D eigenvalue weighted by atomic mass is 10.0. The number of ether oxygens (including phenoxy) is 1. The Balaban J connectivity index is 1.21. The summed E-state index contributed by atoms with van der Waals surface area (Å²) in [6.45, 7) is 3.75. The Morgan fingerprint density at radius 1 is 0.903 bits per heavy atom. The minimum Gasteiger partial charge on any atom is -0.489 e. The van der Waals surface area contributed by atoms with E-state index in [1.807, 2.05) is 17.0 Å². The molecule has 2 aromatic carbocycles. The van der Waals surface area contributed by atoms with Gasteiger partial charge in [0.1, 0.15) is 11.9 Å². The van der Waals surface area contributed by atoms with Crippen LogP contribution in [-0.4, -0.2) is 54.0 Å². The molecule has 5 heteroatoms. The largest absolute Gasteiger partial charge is 0.489 e. The van der Waals surface area contributed by atoms with E-state index in [4.69, 9.17) is 16.3 Å². The van der Waals surface area contributed by atoms with Gasteiger partial charge in [-0.1, -0.05) is 35.9 Å². The first-order chi connectivity index (χ1) is 15.2. The molecule has 0 N–H and O–H groups in total. The normalized spacial score (nSPS) is 20.6. The molecule has 0 unspecified atom stereocenters. The molecule has 2 heterocycles. The summed E-state index contributed by atoms with van der Waals surface area (Å²) in [6, 6.07) is 14.9. The lowest BCUT2D eigenvalue weighted by molar-refractivity contribution is 0.0678. The first-order valence-corrected chi connectivity index (χ1v) is 12.1. The zero-order chi connectivity index (χ0) is 21.2. The number of piperidine rings is 2. The van der Waals surface area contributed by atoms with Crippen molar-refractivity contribution in [3.05, 3.63) is 64.2 Å². The number of amides is 1. The van der Waals surface area contributed by atoms with Crippen molar-refractivity contribution in [2.45, 2.75) is 57.1 Å². The molecular formula is C26H31ClN2O2. The minimum absolute atomic E-state index is 0.0764. The third kappa shape index (κ3) is 4.61. The summed E-state index contributed by atoms with van der Waals surface area (Å²) in [5.41, 5.74) is 3.66. The van der Waals surface area contributed by atoms with Crippen molar-refractivity contribution < 1.29 is 9.53 Å². The van der Waals surface area contributed by atoms with Gasteiger partial charge in [-0.15, -0.1) is 0 Å². The number of carbonyl (C=O) groups is 1. The molecule has 2 aliphatic heterocycles. The number of fused-ring (bicyclic) bond motifs is 1. The van der Waals surface area contributed by atoms with E-state index in [0.29, 0.717) is 22.4 Å². The Hall–Kier alpha value is -2.04. The van der Waals surface area contributed by atoms with Gasteiger partial charge >= 0.3 is 0 Å². The molecule has 2 aromatic rings. The van der Waals surface area contributed by atoms with E-state index >= 15 is 0 Å². The third-order valence-corrected chi connectivity index (χ3v) is 7.37. The van der Waals surface area contributed by atoms with E-state index in [1.54, 1.807) is 6.07 Å². The molecule has 31 heavy (non-hydrogen) atoms. The van der Waals surface area contributed by atoms with Crippen LogP contribution in [0.25, 0.3) is 0 Å². The van der Waals surface area contributed by atoms with Gasteiger partial charge in [-0.3, -0.25) is 9.69 Å². The summed E-state index contributed by atoms with van der Waals surface area (Å²) < 4.78 is 6.39. The van der Waals surface area contributed by atoms with Gasteiger partial charge in [-0.25, -0.2) is 0 Å². The van der Waals surface area contributed by atoms with Crippen LogP contribution in [0.2, 0.25) is 5.02 Å². The Morgan fingerprint density at radius 2 is 1.58 bits per heavy atom. The van der Waals surface area contributed by atoms with Crippen LogP contribution in [0.5, 0.6) is 5.75 Å².